The number of rotatable bonds is 8. The van der Waals surface area contributed by atoms with Gasteiger partial charge in [0, 0.05) is 17.7 Å². The number of methoxy groups -OCH3 is 2. The van der Waals surface area contributed by atoms with Crippen LogP contribution in [-0.2, 0) is 4.79 Å². The van der Waals surface area contributed by atoms with Gasteiger partial charge in [-0.25, -0.2) is 4.98 Å². The standard InChI is InChI=1S/C24H21N3O5S/c1-30-20-13-18(26-23(29)15-8-4-3-5-9-15)21(31-2)12-17(20)25-22(28)14-33-24-27-16-10-6-7-11-19(16)32-24/h3-13H,14H2,1-2H3,(H,25,28)(H,26,29). The van der Waals surface area contributed by atoms with Crippen molar-refractivity contribution in [2.45, 2.75) is 5.22 Å². The van der Waals surface area contributed by atoms with Gasteiger partial charge in [-0.1, -0.05) is 42.1 Å². The molecule has 0 bridgehead atoms. The monoisotopic (exact) mass is 463 g/mol. The Labute approximate surface area is 194 Å². The largest absolute Gasteiger partial charge is 0.494 e. The predicted molar refractivity (Wildman–Crippen MR) is 127 cm³/mol. The molecule has 0 aliphatic carbocycles. The highest BCUT2D eigenvalue weighted by Gasteiger charge is 2.17. The topological polar surface area (TPSA) is 103 Å². The minimum atomic E-state index is -0.289. The highest BCUT2D eigenvalue weighted by atomic mass is 32.2. The van der Waals surface area contributed by atoms with Gasteiger partial charge in [-0.15, -0.1) is 0 Å². The molecule has 0 atom stereocenters. The number of nitrogens with zero attached hydrogens (tertiary/aromatic N) is 1. The van der Waals surface area contributed by atoms with E-state index in [9.17, 15) is 9.59 Å². The zero-order chi connectivity index (χ0) is 23.2. The van der Waals surface area contributed by atoms with Gasteiger partial charge in [-0.2, -0.15) is 0 Å². The number of ether oxygens (including phenoxy) is 2. The Hall–Kier alpha value is -3.98. The smallest absolute Gasteiger partial charge is 0.257 e. The Morgan fingerprint density at radius 1 is 0.909 bits per heavy atom. The van der Waals surface area contributed by atoms with Crippen LogP contribution in [-0.4, -0.2) is 36.8 Å². The molecule has 0 aliphatic heterocycles. The van der Waals surface area contributed by atoms with E-state index in [-0.39, 0.29) is 17.6 Å². The van der Waals surface area contributed by atoms with Gasteiger partial charge in [0.1, 0.15) is 17.0 Å². The first-order chi connectivity index (χ1) is 16.1. The number of carbonyl (C=O) groups is 2. The Kier molecular flexibility index (Phi) is 6.80. The SMILES string of the molecule is COc1cc(NC(=O)c2ccccc2)c(OC)cc1NC(=O)CSc1nc2ccccc2o1. The van der Waals surface area contributed by atoms with Crippen molar-refractivity contribution in [1.82, 2.24) is 4.98 Å². The summed E-state index contributed by atoms with van der Waals surface area (Å²) >= 11 is 1.19. The molecule has 3 aromatic carbocycles. The van der Waals surface area contributed by atoms with Gasteiger partial charge in [0.2, 0.25) is 5.91 Å². The third kappa shape index (κ3) is 5.27. The molecule has 8 nitrogen and oxygen atoms in total. The fourth-order valence-corrected chi connectivity index (χ4v) is 3.74. The lowest BCUT2D eigenvalue weighted by molar-refractivity contribution is -0.113. The Morgan fingerprint density at radius 2 is 1.55 bits per heavy atom. The molecule has 0 saturated carbocycles. The van der Waals surface area contributed by atoms with Crippen LogP contribution < -0.4 is 20.1 Å². The van der Waals surface area contributed by atoms with Crippen LogP contribution in [0.5, 0.6) is 11.5 Å². The molecule has 4 rings (SSSR count). The van der Waals surface area contributed by atoms with E-state index in [4.69, 9.17) is 13.9 Å². The summed E-state index contributed by atoms with van der Waals surface area (Å²) in [5.41, 5.74) is 2.74. The van der Waals surface area contributed by atoms with Gasteiger partial charge in [-0.05, 0) is 24.3 Å². The lowest BCUT2D eigenvalue weighted by Gasteiger charge is -2.16. The molecule has 0 saturated heterocycles. The average molecular weight is 464 g/mol. The molecule has 2 N–H and O–H groups in total. The van der Waals surface area contributed by atoms with Crippen molar-refractivity contribution in [2.24, 2.45) is 0 Å². The lowest BCUT2D eigenvalue weighted by atomic mass is 10.2. The van der Waals surface area contributed by atoms with Crippen LogP contribution in [0, 0.1) is 0 Å². The molecule has 2 amide bonds. The summed E-state index contributed by atoms with van der Waals surface area (Å²) in [6.45, 7) is 0. The number of anilines is 2. The van der Waals surface area contributed by atoms with Crippen molar-refractivity contribution in [2.75, 3.05) is 30.6 Å². The van der Waals surface area contributed by atoms with Crippen LogP contribution in [0.3, 0.4) is 0 Å². The molecule has 4 aromatic rings. The molecule has 0 spiro atoms. The van der Waals surface area contributed by atoms with Gasteiger partial charge in [-0.3, -0.25) is 9.59 Å². The zero-order valence-electron chi connectivity index (χ0n) is 18.0. The van der Waals surface area contributed by atoms with Gasteiger partial charge >= 0.3 is 0 Å². The number of nitrogens with one attached hydrogen (secondary N) is 2. The predicted octanol–water partition coefficient (Wildman–Crippen LogP) is 4.83. The van der Waals surface area contributed by atoms with Crippen LogP contribution in [0.1, 0.15) is 10.4 Å². The number of oxazole rings is 1. The summed E-state index contributed by atoms with van der Waals surface area (Å²) in [6.07, 6.45) is 0. The van der Waals surface area contributed by atoms with Gasteiger partial charge in [0.25, 0.3) is 11.1 Å². The number of thioether (sulfide) groups is 1. The van der Waals surface area contributed by atoms with Crippen molar-refractivity contribution in [3.05, 3.63) is 72.3 Å². The third-order valence-corrected chi connectivity index (χ3v) is 5.51. The molecule has 1 aromatic heterocycles. The fourth-order valence-electron chi connectivity index (χ4n) is 3.10. The van der Waals surface area contributed by atoms with Gasteiger partial charge < -0.3 is 24.5 Å². The zero-order valence-corrected chi connectivity index (χ0v) is 18.8. The van der Waals surface area contributed by atoms with Crippen molar-refractivity contribution in [3.63, 3.8) is 0 Å². The van der Waals surface area contributed by atoms with Crippen LogP contribution in [0.15, 0.2) is 76.4 Å². The lowest BCUT2D eigenvalue weighted by Crippen LogP contribution is -2.16. The van der Waals surface area contributed by atoms with Crippen LogP contribution in [0.25, 0.3) is 11.1 Å². The second kappa shape index (κ2) is 10.1. The number of aromatic nitrogens is 1. The maximum atomic E-state index is 12.5. The van der Waals surface area contributed by atoms with Crippen LogP contribution in [0.4, 0.5) is 11.4 Å². The first-order valence-corrected chi connectivity index (χ1v) is 11.0. The second-order valence-electron chi connectivity index (χ2n) is 6.86. The molecule has 0 unspecified atom stereocenters. The summed E-state index contributed by atoms with van der Waals surface area (Å²) < 4.78 is 16.5. The number of hydrogen-bond donors (Lipinski definition) is 2. The van der Waals surface area contributed by atoms with E-state index < -0.39 is 0 Å². The van der Waals surface area contributed by atoms with E-state index in [1.54, 1.807) is 36.4 Å². The first kappa shape index (κ1) is 22.2. The van der Waals surface area contributed by atoms with Crippen molar-refractivity contribution in [3.8, 4) is 11.5 Å². The van der Waals surface area contributed by atoms with Crippen LogP contribution in [0.2, 0.25) is 0 Å². The molecular weight excluding hydrogens is 442 g/mol. The van der Waals surface area contributed by atoms with E-state index in [0.717, 1.165) is 5.52 Å². The van der Waals surface area contributed by atoms with Crippen LogP contribution >= 0.6 is 11.8 Å². The highest BCUT2D eigenvalue weighted by Crippen LogP contribution is 2.37. The van der Waals surface area contributed by atoms with Crippen molar-refractivity contribution < 1.29 is 23.5 Å². The number of carbonyl (C=O) groups excluding carboxylic acids is 2. The van der Waals surface area contributed by atoms with Gasteiger partial charge in [0.05, 0.1) is 31.3 Å². The first-order valence-electron chi connectivity index (χ1n) is 9.98. The highest BCUT2D eigenvalue weighted by molar-refractivity contribution is 7.99. The Balaban J connectivity index is 1.46. The number of hydrogen-bond acceptors (Lipinski definition) is 7. The molecule has 0 aliphatic rings. The summed E-state index contributed by atoms with van der Waals surface area (Å²) in [4.78, 5) is 29.4. The fraction of sp³-hybridized carbons (Fsp3) is 0.125. The minimum absolute atomic E-state index is 0.0881. The molecule has 0 fully saturated rings. The summed E-state index contributed by atoms with van der Waals surface area (Å²) in [5.74, 6) is 0.276. The van der Waals surface area contributed by atoms with Crippen molar-refractivity contribution >= 4 is 46.1 Å². The number of benzene rings is 3. The molecule has 33 heavy (non-hydrogen) atoms. The molecule has 9 heteroatoms. The van der Waals surface area contributed by atoms with E-state index in [2.05, 4.69) is 15.6 Å². The van der Waals surface area contributed by atoms with E-state index in [1.165, 1.54) is 26.0 Å². The van der Waals surface area contributed by atoms with E-state index in [0.29, 0.717) is 39.2 Å². The molecule has 0 radical (unpaired) electrons. The Morgan fingerprint density at radius 3 is 2.21 bits per heavy atom. The normalized spacial score (nSPS) is 10.6. The van der Waals surface area contributed by atoms with Crippen molar-refractivity contribution in [1.29, 1.82) is 0 Å². The summed E-state index contributed by atoms with van der Waals surface area (Å²) in [5, 5.41) is 6.03. The van der Waals surface area contributed by atoms with E-state index in [1.807, 2.05) is 30.3 Å². The molecule has 168 valence electrons. The Bertz CT molecular complexity index is 1260. The summed E-state index contributed by atoms with van der Waals surface area (Å²) in [6, 6.07) is 19.4. The summed E-state index contributed by atoms with van der Waals surface area (Å²) in [7, 11) is 2.96. The van der Waals surface area contributed by atoms with Gasteiger partial charge in [0.15, 0.2) is 5.58 Å². The molecule has 1 heterocycles. The third-order valence-electron chi connectivity index (χ3n) is 4.68. The number of amides is 2. The quantitative estimate of drug-likeness (QED) is 0.361. The van der Waals surface area contributed by atoms with E-state index >= 15 is 0 Å². The number of fused-ring (bicyclic) bond motifs is 1. The minimum Gasteiger partial charge on any atom is -0.494 e. The maximum absolute atomic E-state index is 12.5. The second-order valence-corrected chi connectivity index (χ2v) is 7.78. The number of para-hydroxylation sites is 2. The maximum Gasteiger partial charge on any atom is 0.257 e. The molecular formula is C24H21N3O5S. The average Bonchev–Trinajstić information content (AvgIpc) is 3.27.